The molecule has 1 rings (SSSR count). The molecule has 23 heavy (non-hydrogen) atoms. The second kappa shape index (κ2) is 12.7. The normalized spacial score (nSPS) is 14.2. The Morgan fingerprint density at radius 3 is 2.57 bits per heavy atom. The topological polar surface area (TPSA) is 27.7 Å². The molecule has 0 aliphatic rings. The summed E-state index contributed by atoms with van der Waals surface area (Å²) < 4.78 is 15.8. The van der Waals surface area contributed by atoms with E-state index in [2.05, 4.69) is 55.2 Å². The Morgan fingerprint density at radius 2 is 1.87 bits per heavy atom. The van der Waals surface area contributed by atoms with Gasteiger partial charge in [-0.1, -0.05) is 0 Å². The number of hydrogen-bond donors (Lipinski definition) is 0. The molecule has 0 saturated heterocycles. The molecule has 1 atom stereocenters. The third-order valence-corrected chi connectivity index (χ3v) is 6.65. The summed E-state index contributed by atoms with van der Waals surface area (Å²) in [5.74, 6) is 2.34. The molecule has 0 heterocycles. The number of methoxy groups -OCH3 is 1. The molecule has 0 aliphatic heterocycles. The number of allylic oxidation sites excluding steroid dienone is 1. The van der Waals surface area contributed by atoms with Crippen LogP contribution in [0.5, 0.6) is 0 Å². The summed E-state index contributed by atoms with van der Waals surface area (Å²) in [6.45, 7) is 4.53. The van der Waals surface area contributed by atoms with Crippen LogP contribution < -0.4 is 0 Å². The van der Waals surface area contributed by atoms with Crippen LogP contribution in [0.25, 0.3) is 0 Å². The van der Waals surface area contributed by atoms with Crippen LogP contribution in [0.15, 0.2) is 42.5 Å². The molecule has 0 bridgehead atoms. The third-order valence-electron chi connectivity index (χ3n) is 3.84. The second-order valence-electron chi connectivity index (χ2n) is 5.55. The van der Waals surface area contributed by atoms with Gasteiger partial charge >= 0.3 is 135 Å². The summed E-state index contributed by atoms with van der Waals surface area (Å²) in [7, 11) is 1.66. The molecule has 0 saturated carbocycles. The van der Waals surface area contributed by atoms with E-state index in [4.69, 9.17) is 14.2 Å². The number of rotatable bonds is 13. The van der Waals surface area contributed by atoms with Crippen molar-refractivity contribution in [3.8, 4) is 0 Å². The Morgan fingerprint density at radius 1 is 1.09 bits per heavy atom. The van der Waals surface area contributed by atoms with E-state index in [1.165, 1.54) is 18.4 Å². The number of benzene rings is 1. The van der Waals surface area contributed by atoms with Crippen molar-refractivity contribution in [3.63, 3.8) is 0 Å². The quantitative estimate of drug-likeness (QED) is 0.222. The predicted octanol–water partition coefficient (Wildman–Crippen LogP) is 4.02. The molecule has 0 spiro atoms. The van der Waals surface area contributed by atoms with Crippen molar-refractivity contribution in [2.75, 3.05) is 33.7 Å². The molecule has 1 aromatic carbocycles. The van der Waals surface area contributed by atoms with Gasteiger partial charge in [-0.3, -0.25) is 0 Å². The summed E-state index contributed by atoms with van der Waals surface area (Å²) in [6.07, 6.45) is 7.84. The van der Waals surface area contributed by atoms with E-state index in [1.54, 1.807) is 7.11 Å². The molecular weight excluding hydrogens is 355 g/mol. The van der Waals surface area contributed by atoms with E-state index in [0.717, 1.165) is 6.42 Å². The van der Waals surface area contributed by atoms with Crippen LogP contribution in [0.1, 0.15) is 31.7 Å². The van der Waals surface area contributed by atoms with Crippen molar-refractivity contribution < 1.29 is 14.2 Å². The fourth-order valence-electron chi connectivity index (χ4n) is 2.27. The summed E-state index contributed by atoms with van der Waals surface area (Å²) in [4.78, 5) is 0. The molecule has 130 valence electrons. The van der Waals surface area contributed by atoms with Gasteiger partial charge in [0.25, 0.3) is 0 Å². The summed E-state index contributed by atoms with van der Waals surface area (Å²) >= 11 is 0.598. The van der Waals surface area contributed by atoms with Crippen LogP contribution in [0.2, 0.25) is 5.82 Å². The second-order valence-corrected chi connectivity index (χ2v) is 8.30. The fourth-order valence-corrected chi connectivity index (χ4v) is 3.79. The van der Waals surface area contributed by atoms with Gasteiger partial charge in [-0.2, -0.15) is 0 Å². The molecule has 4 heteroatoms. The van der Waals surface area contributed by atoms with E-state index in [-0.39, 0.29) is 0 Å². The molecule has 1 unspecified atom stereocenters. The van der Waals surface area contributed by atoms with E-state index in [9.17, 15) is 0 Å². The Hall–Kier alpha value is -0.641. The third kappa shape index (κ3) is 8.69. The molecule has 0 fully saturated rings. The van der Waals surface area contributed by atoms with Crippen molar-refractivity contribution in [1.82, 2.24) is 0 Å². The van der Waals surface area contributed by atoms with Crippen LogP contribution in [0.4, 0.5) is 0 Å². The monoisotopic (exact) mass is 386 g/mol. The minimum atomic E-state index is 0.331. The zero-order valence-electron chi connectivity index (χ0n) is 14.6. The molecule has 3 nitrogen and oxygen atoms in total. The van der Waals surface area contributed by atoms with E-state index >= 15 is 0 Å². The van der Waals surface area contributed by atoms with Crippen molar-refractivity contribution >= 4 is 15.0 Å². The molecule has 0 aromatic heterocycles. The van der Waals surface area contributed by atoms with Crippen LogP contribution in [0.3, 0.4) is 0 Å². The van der Waals surface area contributed by atoms with Gasteiger partial charge < -0.3 is 4.74 Å². The first-order chi connectivity index (χ1) is 11.2. The van der Waals surface area contributed by atoms with Gasteiger partial charge in [-0.05, 0) is 0 Å². The van der Waals surface area contributed by atoms with Crippen LogP contribution in [0, 0.1) is 0 Å². The van der Waals surface area contributed by atoms with E-state index < -0.39 is 0 Å². The first-order valence-corrected chi connectivity index (χ1v) is 10.7. The summed E-state index contributed by atoms with van der Waals surface area (Å²) in [6, 6.07) is 10.9. The first kappa shape index (κ1) is 20.4. The number of hydrogen-bond acceptors (Lipinski definition) is 3. The minimum absolute atomic E-state index is 0.331. The predicted molar refractivity (Wildman–Crippen MR) is 97.1 cm³/mol. The van der Waals surface area contributed by atoms with Gasteiger partial charge in [-0.15, -0.1) is 0 Å². The zero-order valence-corrected chi connectivity index (χ0v) is 16.3. The van der Waals surface area contributed by atoms with Crippen molar-refractivity contribution in [2.45, 2.75) is 36.3 Å². The van der Waals surface area contributed by atoms with Gasteiger partial charge in [0.2, 0.25) is 0 Å². The van der Waals surface area contributed by atoms with Crippen LogP contribution in [-0.2, 0) is 18.5 Å². The van der Waals surface area contributed by atoms with Crippen molar-refractivity contribution in [1.29, 1.82) is 0 Å². The number of unbranched alkanes of at least 4 members (excludes halogenated alkanes) is 1. The summed E-state index contributed by atoms with van der Waals surface area (Å²) in [5, 5.41) is 0. The maximum atomic E-state index is 5.36. The zero-order chi connectivity index (χ0) is 16.8. The van der Waals surface area contributed by atoms with Gasteiger partial charge in [0.15, 0.2) is 0 Å². The standard InChI is InChI=1S/C19H30O3Se/c1-19(23-3,18-11-7-6-8-12-18)13-9-4-5-10-14-21-17-22-16-15-20-2/h5-8,10-12H,4,9,13-17H2,1-3H3/b10-5-. The maximum absolute atomic E-state index is 5.36. The van der Waals surface area contributed by atoms with E-state index in [1.807, 2.05) is 0 Å². The molecule has 0 amide bonds. The van der Waals surface area contributed by atoms with Gasteiger partial charge in [0, 0.05) is 7.11 Å². The fraction of sp³-hybridized carbons (Fsp3) is 0.579. The summed E-state index contributed by atoms with van der Waals surface area (Å²) in [5.41, 5.74) is 1.48. The van der Waals surface area contributed by atoms with Crippen LogP contribution in [-0.4, -0.2) is 48.7 Å². The average Bonchev–Trinajstić information content (AvgIpc) is 2.60. The SMILES string of the molecule is COCCOCOC/C=C\CCCC(C)([Se]C)c1ccccc1. The molecule has 0 radical (unpaired) electrons. The Kier molecular flexibility index (Phi) is 11.3. The Labute approximate surface area is 147 Å². The van der Waals surface area contributed by atoms with Gasteiger partial charge in [0.1, 0.15) is 0 Å². The molecule has 0 N–H and O–H groups in total. The van der Waals surface area contributed by atoms with E-state index in [0.29, 0.717) is 45.9 Å². The molecule has 0 aliphatic carbocycles. The average molecular weight is 385 g/mol. The number of ether oxygens (including phenoxy) is 3. The molecule has 1 aromatic rings. The first-order valence-electron chi connectivity index (χ1n) is 8.13. The van der Waals surface area contributed by atoms with Crippen molar-refractivity contribution in [3.05, 3.63) is 48.0 Å². The molecular formula is C19H30O3Se. The Balaban J connectivity index is 2.14. The van der Waals surface area contributed by atoms with Gasteiger partial charge in [0.05, 0.1) is 0 Å². The van der Waals surface area contributed by atoms with Crippen LogP contribution >= 0.6 is 0 Å². The van der Waals surface area contributed by atoms with Crippen molar-refractivity contribution in [2.24, 2.45) is 0 Å². The van der Waals surface area contributed by atoms with Gasteiger partial charge in [-0.25, -0.2) is 0 Å². The Bertz CT molecular complexity index is 422.